The number of nitrogens with zero attached hydrogens (tertiary/aromatic N) is 1. The molecule has 1 amide bonds. The molecule has 1 aliphatic rings. The summed E-state index contributed by atoms with van der Waals surface area (Å²) in [6.45, 7) is 2.61. The van der Waals surface area contributed by atoms with Gasteiger partial charge < -0.3 is 4.42 Å². The number of furan rings is 1. The van der Waals surface area contributed by atoms with Crippen molar-refractivity contribution in [2.24, 2.45) is 4.99 Å². The van der Waals surface area contributed by atoms with Crippen molar-refractivity contribution in [1.29, 1.82) is 0 Å². The first-order valence-electron chi connectivity index (χ1n) is 4.30. The number of rotatable bonds is 1. The second-order valence-electron chi connectivity index (χ2n) is 2.92. The number of aliphatic imine (C=N–C) groups is 1. The largest absolute Gasteiger partial charge is 0.459 e. The molecule has 0 aromatic carbocycles. The quantitative estimate of drug-likeness (QED) is 0.762. The van der Waals surface area contributed by atoms with E-state index >= 15 is 0 Å². The lowest BCUT2D eigenvalue weighted by Gasteiger charge is -2.01. The highest BCUT2D eigenvalue weighted by Crippen LogP contribution is 2.12. The van der Waals surface area contributed by atoms with E-state index in [1.807, 2.05) is 6.92 Å². The van der Waals surface area contributed by atoms with Crippen LogP contribution in [0.15, 0.2) is 21.7 Å². The van der Waals surface area contributed by atoms with Gasteiger partial charge in [0.05, 0.1) is 12.8 Å². The average Bonchev–Trinajstić information content (AvgIpc) is 2.75. The number of nitrogens with one attached hydrogen (secondary N) is 1. The zero-order valence-corrected chi connectivity index (χ0v) is 8.56. The fourth-order valence-corrected chi connectivity index (χ4v) is 1.89. The van der Waals surface area contributed by atoms with E-state index in [0.717, 1.165) is 17.9 Å². The van der Waals surface area contributed by atoms with Gasteiger partial charge in [-0.25, -0.2) is 0 Å². The first-order chi connectivity index (χ1) is 6.77. The highest BCUT2D eigenvalue weighted by molar-refractivity contribution is 8.14. The van der Waals surface area contributed by atoms with Crippen molar-refractivity contribution in [3.8, 4) is 0 Å². The Kier molecular flexibility index (Phi) is 2.58. The molecule has 1 aliphatic heterocycles. The predicted octanol–water partition coefficient (Wildman–Crippen LogP) is 1.42. The first-order valence-corrected chi connectivity index (χ1v) is 5.28. The molecule has 0 atom stereocenters. The number of carbonyl (C=O) groups is 1. The summed E-state index contributed by atoms with van der Waals surface area (Å²) in [6.07, 6.45) is 1.51. The molecule has 0 aliphatic carbocycles. The van der Waals surface area contributed by atoms with E-state index in [1.165, 1.54) is 6.26 Å². The summed E-state index contributed by atoms with van der Waals surface area (Å²) in [7, 11) is 0. The lowest BCUT2D eigenvalue weighted by molar-refractivity contribution is 0.0950. The van der Waals surface area contributed by atoms with E-state index in [1.54, 1.807) is 17.8 Å². The highest BCUT2D eigenvalue weighted by atomic mass is 32.2. The van der Waals surface area contributed by atoms with Gasteiger partial charge in [-0.15, -0.1) is 0 Å². The molecule has 14 heavy (non-hydrogen) atoms. The summed E-state index contributed by atoms with van der Waals surface area (Å²) in [4.78, 5) is 15.7. The summed E-state index contributed by atoms with van der Waals surface area (Å²) < 4.78 is 5.06. The molecule has 0 fully saturated rings. The molecule has 2 rings (SSSR count). The molecule has 1 N–H and O–H groups in total. The van der Waals surface area contributed by atoms with E-state index < -0.39 is 0 Å². The summed E-state index contributed by atoms with van der Waals surface area (Å²) in [5.41, 5.74) is 0.839. The number of carbonyl (C=O) groups excluding carboxylic acids is 1. The SMILES string of the molecule is Cc1ccoc1C(=O)NC1=NCCS1. The topological polar surface area (TPSA) is 54.6 Å². The Balaban J connectivity index is 2.06. The molecule has 4 nitrogen and oxygen atoms in total. The first kappa shape index (κ1) is 9.33. The lowest BCUT2D eigenvalue weighted by atomic mass is 10.3. The van der Waals surface area contributed by atoms with E-state index in [9.17, 15) is 4.79 Å². The van der Waals surface area contributed by atoms with Gasteiger partial charge in [-0.3, -0.25) is 15.1 Å². The van der Waals surface area contributed by atoms with Crippen molar-refractivity contribution < 1.29 is 9.21 Å². The van der Waals surface area contributed by atoms with E-state index in [0.29, 0.717) is 10.9 Å². The van der Waals surface area contributed by atoms with Crippen molar-refractivity contribution in [3.05, 3.63) is 23.7 Å². The number of amidine groups is 1. The molecule has 1 aromatic heterocycles. The van der Waals surface area contributed by atoms with E-state index in [4.69, 9.17) is 4.42 Å². The third-order valence-corrected chi connectivity index (χ3v) is 2.77. The van der Waals surface area contributed by atoms with Gasteiger partial charge in [0, 0.05) is 11.3 Å². The molecule has 74 valence electrons. The second kappa shape index (κ2) is 3.88. The number of amides is 1. The maximum atomic E-state index is 11.6. The Morgan fingerprint density at radius 2 is 2.57 bits per heavy atom. The van der Waals surface area contributed by atoms with Crippen LogP contribution in [0.2, 0.25) is 0 Å². The maximum Gasteiger partial charge on any atom is 0.293 e. The molecular weight excluding hydrogens is 200 g/mol. The Bertz CT molecular complexity index is 384. The molecule has 0 unspecified atom stereocenters. The Morgan fingerprint density at radius 1 is 1.71 bits per heavy atom. The second-order valence-corrected chi connectivity index (χ2v) is 4.01. The molecule has 0 saturated heterocycles. The van der Waals surface area contributed by atoms with Gasteiger partial charge in [0.25, 0.3) is 5.91 Å². The Labute approximate surface area is 85.8 Å². The minimum absolute atomic E-state index is 0.222. The molecule has 0 saturated carbocycles. The van der Waals surface area contributed by atoms with Crippen LogP contribution in [0.5, 0.6) is 0 Å². The summed E-state index contributed by atoms with van der Waals surface area (Å²) in [6, 6.07) is 1.76. The summed E-state index contributed by atoms with van der Waals surface area (Å²) in [5, 5.41) is 3.39. The fourth-order valence-electron chi connectivity index (χ4n) is 1.17. The summed E-state index contributed by atoms with van der Waals surface area (Å²) >= 11 is 1.55. The number of hydrogen-bond acceptors (Lipinski definition) is 4. The zero-order valence-electron chi connectivity index (χ0n) is 7.74. The number of thioether (sulfide) groups is 1. The van der Waals surface area contributed by atoms with Gasteiger partial charge in [-0.1, -0.05) is 11.8 Å². The van der Waals surface area contributed by atoms with Gasteiger partial charge >= 0.3 is 0 Å². The van der Waals surface area contributed by atoms with Crippen molar-refractivity contribution in [2.45, 2.75) is 6.92 Å². The van der Waals surface area contributed by atoms with Crippen LogP contribution >= 0.6 is 11.8 Å². The van der Waals surface area contributed by atoms with Gasteiger partial charge in [0.1, 0.15) is 0 Å². The zero-order chi connectivity index (χ0) is 9.97. The van der Waals surface area contributed by atoms with Crippen LogP contribution in [0, 0.1) is 6.92 Å². The van der Waals surface area contributed by atoms with Crippen LogP contribution < -0.4 is 5.32 Å². The third kappa shape index (κ3) is 1.82. The number of hydrogen-bond donors (Lipinski definition) is 1. The normalized spacial score (nSPS) is 15.4. The molecule has 0 radical (unpaired) electrons. The van der Waals surface area contributed by atoms with Crippen molar-refractivity contribution >= 4 is 22.8 Å². The molecular formula is C9H10N2O2S. The van der Waals surface area contributed by atoms with Crippen molar-refractivity contribution in [1.82, 2.24) is 5.32 Å². The minimum atomic E-state index is -0.222. The summed E-state index contributed by atoms with van der Waals surface area (Å²) in [5.74, 6) is 1.08. The van der Waals surface area contributed by atoms with Crippen LogP contribution in [0.1, 0.15) is 16.1 Å². The van der Waals surface area contributed by atoms with Crippen LogP contribution in [-0.4, -0.2) is 23.4 Å². The molecule has 0 spiro atoms. The average molecular weight is 210 g/mol. The maximum absolute atomic E-state index is 11.6. The predicted molar refractivity (Wildman–Crippen MR) is 55.7 cm³/mol. The third-order valence-electron chi connectivity index (χ3n) is 1.87. The monoisotopic (exact) mass is 210 g/mol. The van der Waals surface area contributed by atoms with Crippen molar-refractivity contribution in [2.75, 3.05) is 12.3 Å². The fraction of sp³-hybridized carbons (Fsp3) is 0.333. The smallest absolute Gasteiger partial charge is 0.293 e. The van der Waals surface area contributed by atoms with E-state index in [2.05, 4.69) is 10.3 Å². The Morgan fingerprint density at radius 3 is 3.14 bits per heavy atom. The molecule has 2 heterocycles. The van der Waals surface area contributed by atoms with Gasteiger partial charge in [-0.2, -0.15) is 0 Å². The van der Waals surface area contributed by atoms with Gasteiger partial charge in [0.15, 0.2) is 10.9 Å². The minimum Gasteiger partial charge on any atom is -0.459 e. The van der Waals surface area contributed by atoms with Crippen LogP contribution in [0.25, 0.3) is 0 Å². The van der Waals surface area contributed by atoms with Crippen LogP contribution in [0.4, 0.5) is 0 Å². The van der Waals surface area contributed by atoms with Crippen LogP contribution in [0.3, 0.4) is 0 Å². The highest BCUT2D eigenvalue weighted by Gasteiger charge is 2.16. The molecule has 0 bridgehead atoms. The molecule has 5 heteroatoms. The lowest BCUT2D eigenvalue weighted by Crippen LogP contribution is -2.27. The van der Waals surface area contributed by atoms with Gasteiger partial charge in [-0.05, 0) is 13.0 Å². The van der Waals surface area contributed by atoms with E-state index in [-0.39, 0.29) is 5.91 Å². The Hall–Kier alpha value is -1.23. The number of aryl methyl sites for hydroxylation is 1. The van der Waals surface area contributed by atoms with Crippen LogP contribution in [-0.2, 0) is 0 Å². The molecule has 1 aromatic rings. The standard InChI is InChI=1S/C9H10N2O2S/c1-6-2-4-13-7(6)8(12)11-9-10-3-5-14-9/h2,4H,3,5H2,1H3,(H,10,11,12). The van der Waals surface area contributed by atoms with Crippen molar-refractivity contribution in [3.63, 3.8) is 0 Å². The van der Waals surface area contributed by atoms with Gasteiger partial charge in [0.2, 0.25) is 0 Å².